The van der Waals surface area contributed by atoms with E-state index in [0.717, 1.165) is 51.4 Å². The van der Waals surface area contributed by atoms with E-state index in [9.17, 15) is 19.0 Å². The van der Waals surface area contributed by atoms with E-state index in [1.807, 2.05) is 21.1 Å². The van der Waals surface area contributed by atoms with Crippen LogP contribution in [0.3, 0.4) is 0 Å². The molecular weight excluding hydrogens is 701 g/mol. The molecule has 0 aliphatic heterocycles. The first-order chi connectivity index (χ1) is 26.0. The Morgan fingerprint density at radius 1 is 0.556 bits per heavy atom. The smallest absolute Gasteiger partial charge is 0.306 e. The maximum Gasteiger partial charge on any atom is 0.306 e. The van der Waals surface area contributed by atoms with E-state index in [1.54, 1.807) is 0 Å². The molecule has 0 spiro atoms. The molecule has 0 aliphatic carbocycles. The van der Waals surface area contributed by atoms with E-state index in [0.29, 0.717) is 17.4 Å². The van der Waals surface area contributed by atoms with Crippen LogP contribution in [0.5, 0.6) is 0 Å². The van der Waals surface area contributed by atoms with Crippen LogP contribution in [0.2, 0.25) is 0 Å². The Labute approximate surface area is 333 Å². The van der Waals surface area contributed by atoms with Crippen LogP contribution in [-0.4, -0.2) is 70.0 Å². The van der Waals surface area contributed by atoms with Crippen molar-refractivity contribution in [1.29, 1.82) is 0 Å². The molecule has 2 atom stereocenters. The molecule has 0 aromatic heterocycles. The monoisotopic (exact) mass is 788 g/mol. The number of quaternary nitrogens is 1. The van der Waals surface area contributed by atoms with Gasteiger partial charge in [0, 0.05) is 12.8 Å². The number of ether oxygens (including phenoxy) is 2. The Morgan fingerprint density at radius 3 is 1.37 bits per heavy atom. The van der Waals surface area contributed by atoms with Gasteiger partial charge in [-0.15, -0.1) is 0 Å². The molecule has 0 radical (unpaired) electrons. The maximum atomic E-state index is 12.7. The van der Waals surface area contributed by atoms with Gasteiger partial charge in [0.25, 0.3) is 7.82 Å². The molecule has 10 heteroatoms. The van der Waals surface area contributed by atoms with Gasteiger partial charge in [0.1, 0.15) is 19.8 Å². The number of rotatable bonds is 41. The summed E-state index contributed by atoms with van der Waals surface area (Å²) < 4.78 is 33.9. The Kier molecular flexibility index (Phi) is 36.5. The van der Waals surface area contributed by atoms with E-state index in [2.05, 4.69) is 26.0 Å². The zero-order chi connectivity index (χ0) is 40.0. The number of nitrogens with zero attached hydrogens (tertiary/aromatic N) is 1. The molecule has 0 amide bonds. The van der Waals surface area contributed by atoms with Gasteiger partial charge in [-0.3, -0.25) is 14.2 Å². The summed E-state index contributed by atoms with van der Waals surface area (Å²) in [4.78, 5) is 37.5. The summed E-state index contributed by atoms with van der Waals surface area (Å²) in [5, 5.41) is 0. The molecule has 0 N–H and O–H groups in total. The largest absolute Gasteiger partial charge is 0.756 e. The molecule has 54 heavy (non-hydrogen) atoms. The van der Waals surface area contributed by atoms with Gasteiger partial charge in [0.05, 0.1) is 27.7 Å². The number of esters is 2. The Hall–Kier alpha value is -1.25. The highest BCUT2D eigenvalue weighted by molar-refractivity contribution is 7.45. The summed E-state index contributed by atoms with van der Waals surface area (Å²) in [5.41, 5.74) is 0. The van der Waals surface area contributed by atoms with E-state index in [4.69, 9.17) is 18.5 Å². The molecule has 320 valence electrons. The second-order valence-electron chi connectivity index (χ2n) is 16.4. The lowest BCUT2D eigenvalue weighted by Crippen LogP contribution is -2.37. The van der Waals surface area contributed by atoms with Crippen molar-refractivity contribution in [3.63, 3.8) is 0 Å². The zero-order valence-corrected chi connectivity index (χ0v) is 36.8. The molecule has 0 saturated heterocycles. The summed E-state index contributed by atoms with van der Waals surface area (Å²) in [5.74, 6) is -0.835. The van der Waals surface area contributed by atoms with Gasteiger partial charge < -0.3 is 27.9 Å². The second kappa shape index (κ2) is 37.3. The first kappa shape index (κ1) is 52.8. The fourth-order valence-electron chi connectivity index (χ4n) is 6.24. The number of hydrogen-bond acceptors (Lipinski definition) is 8. The number of carbonyl (C=O) groups excluding carboxylic acids is 2. The first-order valence-corrected chi connectivity index (χ1v) is 23.9. The topological polar surface area (TPSA) is 111 Å². The van der Waals surface area contributed by atoms with Gasteiger partial charge in [-0.2, -0.15) is 0 Å². The molecule has 1 unspecified atom stereocenters. The normalized spacial score (nSPS) is 13.7. The number of phosphoric acid groups is 1. The molecule has 0 saturated carbocycles. The number of unbranched alkanes of at least 4 members (excludes halogenated alkanes) is 25. The van der Waals surface area contributed by atoms with Gasteiger partial charge in [-0.05, 0) is 38.5 Å². The molecule has 0 aromatic rings. The molecule has 0 heterocycles. The number of phosphoric ester groups is 1. The highest BCUT2D eigenvalue weighted by Crippen LogP contribution is 2.38. The van der Waals surface area contributed by atoms with E-state index < -0.39 is 26.5 Å². The SMILES string of the molecule is CCCCCCC/C=C/CCCCCCCC(=O)O[C@H](COC(=O)CCCCCCCCCCCCCCCCCC)COP(=O)([O-])OCC[N+](C)(C)C. The lowest BCUT2D eigenvalue weighted by atomic mass is 10.0. The van der Waals surface area contributed by atoms with Crippen LogP contribution in [0.4, 0.5) is 0 Å². The average molecular weight is 788 g/mol. The predicted molar refractivity (Wildman–Crippen MR) is 222 cm³/mol. The molecule has 0 rings (SSSR count). The Morgan fingerprint density at radius 2 is 0.944 bits per heavy atom. The summed E-state index contributed by atoms with van der Waals surface area (Å²) in [6.07, 6.45) is 38.0. The summed E-state index contributed by atoms with van der Waals surface area (Å²) >= 11 is 0. The van der Waals surface area contributed by atoms with Gasteiger partial charge in [-0.1, -0.05) is 167 Å². The molecular formula is C44H86NO8P. The molecule has 0 fully saturated rings. The van der Waals surface area contributed by atoms with E-state index >= 15 is 0 Å². The van der Waals surface area contributed by atoms with Crippen molar-refractivity contribution in [2.45, 2.75) is 213 Å². The average Bonchev–Trinajstić information content (AvgIpc) is 3.12. The van der Waals surface area contributed by atoms with Gasteiger partial charge in [0.2, 0.25) is 0 Å². The zero-order valence-electron chi connectivity index (χ0n) is 35.9. The van der Waals surface area contributed by atoms with Gasteiger partial charge >= 0.3 is 11.9 Å². The van der Waals surface area contributed by atoms with Crippen LogP contribution >= 0.6 is 7.82 Å². The fraction of sp³-hybridized carbons (Fsp3) is 0.909. The minimum atomic E-state index is -4.62. The molecule has 0 aromatic carbocycles. The molecule has 0 aliphatic rings. The lowest BCUT2D eigenvalue weighted by molar-refractivity contribution is -0.870. The first-order valence-electron chi connectivity index (χ1n) is 22.4. The van der Waals surface area contributed by atoms with E-state index in [1.165, 1.54) is 122 Å². The quantitative estimate of drug-likeness (QED) is 0.0198. The highest BCUT2D eigenvalue weighted by atomic mass is 31.2. The Bertz CT molecular complexity index is 938. The van der Waals surface area contributed by atoms with Crippen LogP contribution in [0.15, 0.2) is 12.2 Å². The van der Waals surface area contributed by atoms with Crippen molar-refractivity contribution >= 4 is 19.8 Å². The Balaban J connectivity index is 4.33. The van der Waals surface area contributed by atoms with Crippen molar-refractivity contribution in [3.8, 4) is 0 Å². The molecule has 0 bridgehead atoms. The van der Waals surface area contributed by atoms with Crippen LogP contribution in [-0.2, 0) is 32.7 Å². The summed E-state index contributed by atoms with van der Waals surface area (Å²) in [6.45, 7) is 4.23. The lowest BCUT2D eigenvalue weighted by Gasteiger charge is -2.28. The van der Waals surface area contributed by atoms with Crippen molar-refractivity contribution in [2.75, 3.05) is 47.5 Å². The van der Waals surface area contributed by atoms with Crippen molar-refractivity contribution in [3.05, 3.63) is 12.2 Å². The highest BCUT2D eigenvalue weighted by Gasteiger charge is 2.21. The van der Waals surface area contributed by atoms with Crippen LogP contribution < -0.4 is 4.89 Å². The van der Waals surface area contributed by atoms with Crippen molar-refractivity contribution in [2.24, 2.45) is 0 Å². The van der Waals surface area contributed by atoms with Crippen molar-refractivity contribution < 1.29 is 42.1 Å². The van der Waals surface area contributed by atoms with Crippen LogP contribution in [0, 0.1) is 0 Å². The number of allylic oxidation sites excluding steroid dienone is 2. The standard InChI is InChI=1S/C44H86NO8P/c1-6-8-10-12-14-16-18-20-22-23-25-26-28-30-32-34-36-43(46)50-40-42(41-52-54(48,49)51-39-38-45(3,4)5)53-44(47)37-35-33-31-29-27-24-21-19-17-15-13-11-9-7-2/h19,21,42H,6-18,20,22-41H2,1-5H3/b21-19+/t42-/m1/s1. The minimum absolute atomic E-state index is 0.0293. The summed E-state index contributed by atoms with van der Waals surface area (Å²) in [7, 11) is 1.17. The minimum Gasteiger partial charge on any atom is -0.756 e. The summed E-state index contributed by atoms with van der Waals surface area (Å²) in [6, 6.07) is 0. The maximum absolute atomic E-state index is 12.7. The second-order valence-corrected chi connectivity index (χ2v) is 17.8. The van der Waals surface area contributed by atoms with E-state index in [-0.39, 0.29) is 32.0 Å². The number of carbonyl (C=O) groups is 2. The number of likely N-dealkylation sites (N-methyl/N-ethyl adjacent to an activating group) is 1. The fourth-order valence-corrected chi connectivity index (χ4v) is 6.97. The predicted octanol–water partition coefficient (Wildman–Crippen LogP) is 11.9. The van der Waals surface area contributed by atoms with Crippen LogP contribution in [0.1, 0.15) is 206 Å². The van der Waals surface area contributed by atoms with Crippen LogP contribution in [0.25, 0.3) is 0 Å². The van der Waals surface area contributed by atoms with Crippen molar-refractivity contribution in [1.82, 2.24) is 0 Å². The van der Waals surface area contributed by atoms with Gasteiger partial charge in [-0.25, -0.2) is 0 Å². The third-order valence-corrected chi connectivity index (χ3v) is 10.7. The third kappa shape index (κ3) is 40.4. The van der Waals surface area contributed by atoms with Gasteiger partial charge in [0.15, 0.2) is 6.10 Å². The third-order valence-electron chi connectivity index (χ3n) is 9.79. The molecule has 9 nitrogen and oxygen atoms in total. The number of hydrogen-bond donors (Lipinski definition) is 0.